The van der Waals surface area contributed by atoms with Crippen LogP contribution in [0, 0.1) is 13.8 Å². The maximum Gasteiger partial charge on any atom is 0.307 e. The van der Waals surface area contributed by atoms with E-state index in [2.05, 4.69) is 32.7 Å². The van der Waals surface area contributed by atoms with Crippen LogP contribution in [0.4, 0.5) is 0 Å². The molecular formula is C13H22N2OS. The van der Waals surface area contributed by atoms with E-state index in [1.165, 1.54) is 11.3 Å². The Balaban J connectivity index is 2.66. The van der Waals surface area contributed by atoms with Crippen molar-refractivity contribution in [1.82, 2.24) is 9.88 Å². The summed E-state index contributed by atoms with van der Waals surface area (Å²) in [6.07, 6.45) is 0. The fraction of sp³-hybridized carbons (Fsp3) is 0.615. The number of hydrogen-bond acceptors (Lipinski definition) is 3. The SMILES string of the molecule is C=C(CNC(C)(C)C)Cn1c(C)c(C)sc1=O. The zero-order valence-electron chi connectivity index (χ0n) is 11.4. The van der Waals surface area contributed by atoms with Crippen molar-refractivity contribution in [1.29, 1.82) is 0 Å². The van der Waals surface area contributed by atoms with Crippen LogP contribution < -0.4 is 10.2 Å². The molecule has 0 fully saturated rings. The van der Waals surface area contributed by atoms with Gasteiger partial charge in [0.15, 0.2) is 0 Å². The minimum Gasteiger partial charge on any atom is -0.308 e. The highest BCUT2D eigenvalue weighted by molar-refractivity contribution is 7.09. The van der Waals surface area contributed by atoms with Crippen molar-refractivity contribution in [2.75, 3.05) is 6.54 Å². The van der Waals surface area contributed by atoms with Crippen LogP contribution in [0.15, 0.2) is 16.9 Å². The Morgan fingerprint density at radius 2 is 2.00 bits per heavy atom. The normalized spacial score (nSPS) is 11.8. The van der Waals surface area contributed by atoms with Gasteiger partial charge in [0.25, 0.3) is 0 Å². The fourth-order valence-corrected chi connectivity index (χ4v) is 2.27. The van der Waals surface area contributed by atoms with E-state index < -0.39 is 0 Å². The smallest absolute Gasteiger partial charge is 0.307 e. The van der Waals surface area contributed by atoms with Crippen molar-refractivity contribution < 1.29 is 0 Å². The van der Waals surface area contributed by atoms with Crippen molar-refractivity contribution in [2.45, 2.75) is 46.7 Å². The van der Waals surface area contributed by atoms with Gasteiger partial charge in [-0.15, -0.1) is 0 Å². The first-order valence-electron chi connectivity index (χ1n) is 5.79. The minimum atomic E-state index is 0.0769. The molecule has 0 bridgehead atoms. The molecule has 0 aliphatic rings. The van der Waals surface area contributed by atoms with Gasteiger partial charge in [-0.05, 0) is 40.2 Å². The number of rotatable bonds is 4. The summed E-state index contributed by atoms with van der Waals surface area (Å²) >= 11 is 1.31. The highest BCUT2D eigenvalue weighted by Gasteiger charge is 2.11. The summed E-state index contributed by atoms with van der Waals surface area (Å²) in [5, 5.41) is 3.38. The lowest BCUT2D eigenvalue weighted by molar-refractivity contribution is 0.440. The number of nitrogens with zero attached hydrogens (tertiary/aromatic N) is 1. The Morgan fingerprint density at radius 3 is 2.41 bits per heavy atom. The van der Waals surface area contributed by atoms with Crippen LogP contribution in [0.25, 0.3) is 0 Å². The van der Waals surface area contributed by atoms with E-state index in [1.807, 2.05) is 13.8 Å². The van der Waals surface area contributed by atoms with E-state index in [1.54, 1.807) is 4.57 Å². The molecule has 17 heavy (non-hydrogen) atoms. The third-order valence-electron chi connectivity index (χ3n) is 2.63. The van der Waals surface area contributed by atoms with Gasteiger partial charge in [0.2, 0.25) is 0 Å². The van der Waals surface area contributed by atoms with Gasteiger partial charge in [-0.25, -0.2) is 0 Å². The average molecular weight is 254 g/mol. The Morgan fingerprint density at radius 1 is 1.41 bits per heavy atom. The van der Waals surface area contributed by atoms with Gasteiger partial charge in [-0.3, -0.25) is 9.36 Å². The van der Waals surface area contributed by atoms with Crippen molar-refractivity contribution >= 4 is 11.3 Å². The molecule has 0 radical (unpaired) electrons. The van der Waals surface area contributed by atoms with Crippen molar-refractivity contribution in [3.05, 3.63) is 32.4 Å². The Hall–Kier alpha value is -0.870. The lowest BCUT2D eigenvalue weighted by Gasteiger charge is -2.21. The molecular weight excluding hydrogens is 232 g/mol. The fourth-order valence-electron chi connectivity index (χ4n) is 1.44. The zero-order chi connectivity index (χ0) is 13.2. The molecule has 1 N–H and O–H groups in total. The Labute approximate surface area is 107 Å². The predicted molar refractivity (Wildman–Crippen MR) is 74.9 cm³/mol. The van der Waals surface area contributed by atoms with Gasteiger partial charge in [0, 0.05) is 29.2 Å². The number of thiazole rings is 1. The quantitative estimate of drug-likeness (QED) is 0.838. The van der Waals surface area contributed by atoms with Gasteiger partial charge in [0.05, 0.1) is 0 Å². The molecule has 0 aliphatic heterocycles. The second kappa shape index (κ2) is 5.19. The lowest BCUT2D eigenvalue weighted by Crippen LogP contribution is -2.37. The molecule has 4 heteroatoms. The van der Waals surface area contributed by atoms with Gasteiger partial charge in [-0.1, -0.05) is 17.9 Å². The van der Waals surface area contributed by atoms with Gasteiger partial charge in [0.1, 0.15) is 0 Å². The summed E-state index contributed by atoms with van der Waals surface area (Å²) in [5.74, 6) is 0. The number of aromatic nitrogens is 1. The van der Waals surface area contributed by atoms with Crippen LogP contribution >= 0.6 is 11.3 Å². The van der Waals surface area contributed by atoms with Crippen molar-refractivity contribution in [2.24, 2.45) is 0 Å². The van der Waals surface area contributed by atoms with Gasteiger partial charge >= 0.3 is 4.87 Å². The zero-order valence-corrected chi connectivity index (χ0v) is 12.2. The Bertz CT molecular complexity index is 463. The third-order valence-corrected chi connectivity index (χ3v) is 3.62. The van der Waals surface area contributed by atoms with Crippen molar-refractivity contribution in [3.8, 4) is 0 Å². The first kappa shape index (κ1) is 14.2. The molecule has 1 heterocycles. The molecule has 1 rings (SSSR count). The molecule has 0 spiro atoms. The highest BCUT2D eigenvalue weighted by Crippen LogP contribution is 2.11. The van der Waals surface area contributed by atoms with Crippen LogP contribution in [0.1, 0.15) is 31.3 Å². The van der Waals surface area contributed by atoms with Crippen LogP contribution in [0.2, 0.25) is 0 Å². The summed E-state index contributed by atoms with van der Waals surface area (Å²) in [6.45, 7) is 15.7. The summed E-state index contributed by atoms with van der Waals surface area (Å²) in [4.78, 5) is 12.9. The van der Waals surface area contributed by atoms with E-state index in [0.717, 1.165) is 22.7 Å². The first-order valence-corrected chi connectivity index (χ1v) is 6.61. The molecule has 0 aliphatic carbocycles. The molecule has 0 saturated carbocycles. The van der Waals surface area contributed by atoms with E-state index in [0.29, 0.717) is 6.54 Å². The topological polar surface area (TPSA) is 34.0 Å². The van der Waals surface area contributed by atoms with Crippen LogP contribution in [-0.2, 0) is 6.54 Å². The van der Waals surface area contributed by atoms with Gasteiger partial charge < -0.3 is 5.32 Å². The monoisotopic (exact) mass is 254 g/mol. The Kier molecular flexibility index (Phi) is 4.33. The molecule has 0 atom stereocenters. The number of hydrogen-bond donors (Lipinski definition) is 1. The highest BCUT2D eigenvalue weighted by atomic mass is 32.1. The van der Waals surface area contributed by atoms with Crippen LogP contribution in [-0.4, -0.2) is 16.7 Å². The molecule has 1 aromatic rings. The summed E-state index contributed by atoms with van der Waals surface area (Å²) in [5.41, 5.74) is 2.16. The van der Waals surface area contributed by atoms with E-state index in [4.69, 9.17) is 0 Å². The lowest BCUT2D eigenvalue weighted by atomic mass is 10.1. The molecule has 0 unspecified atom stereocenters. The second-order valence-electron chi connectivity index (χ2n) is 5.45. The summed E-state index contributed by atoms with van der Waals surface area (Å²) in [6, 6.07) is 0. The van der Waals surface area contributed by atoms with E-state index in [-0.39, 0.29) is 10.4 Å². The molecule has 0 aromatic carbocycles. The minimum absolute atomic E-state index is 0.0769. The standard InChI is InChI=1S/C13H22N2OS/c1-9(7-14-13(4,5)6)8-15-10(2)11(3)17-12(15)16/h14H,1,7-8H2,2-6H3. The summed E-state index contributed by atoms with van der Waals surface area (Å²) in [7, 11) is 0. The summed E-state index contributed by atoms with van der Waals surface area (Å²) < 4.78 is 1.80. The average Bonchev–Trinajstić information content (AvgIpc) is 2.41. The molecule has 3 nitrogen and oxygen atoms in total. The second-order valence-corrected chi connectivity index (χ2v) is 6.62. The van der Waals surface area contributed by atoms with Crippen LogP contribution in [0.3, 0.4) is 0 Å². The molecule has 96 valence electrons. The number of aryl methyl sites for hydroxylation is 1. The third kappa shape index (κ3) is 4.13. The van der Waals surface area contributed by atoms with Crippen molar-refractivity contribution in [3.63, 3.8) is 0 Å². The van der Waals surface area contributed by atoms with E-state index in [9.17, 15) is 4.79 Å². The van der Waals surface area contributed by atoms with E-state index >= 15 is 0 Å². The molecule has 1 aromatic heterocycles. The predicted octanol–water partition coefficient (Wildman–Crippen LogP) is 2.47. The van der Waals surface area contributed by atoms with Gasteiger partial charge in [-0.2, -0.15) is 0 Å². The number of nitrogens with one attached hydrogen (secondary N) is 1. The largest absolute Gasteiger partial charge is 0.308 e. The first-order chi connectivity index (χ1) is 7.70. The maximum atomic E-state index is 11.7. The molecule has 0 saturated heterocycles. The molecule has 0 amide bonds. The van der Waals surface area contributed by atoms with Crippen LogP contribution in [0.5, 0.6) is 0 Å². The maximum absolute atomic E-state index is 11.7.